The Morgan fingerprint density at radius 2 is 1.11 bits per heavy atom. The summed E-state index contributed by atoms with van der Waals surface area (Å²) in [7, 11) is 2.99. The van der Waals surface area contributed by atoms with Gasteiger partial charge in [0, 0.05) is 11.1 Å². The molecule has 2 fully saturated rings. The zero-order valence-corrected chi connectivity index (χ0v) is 25.6. The molecule has 0 saturated heterocycles. The molecule has 0 spiro atoms. The van der Waals surface area contributed by atoms with Gasteiger partial charge in [0.15, 0.2) is 17.8 Å². The summed E-state index contributed by atoms with van der Waals surface area (Å²) in [4.78, 5) is 61.7. The summed E-state index contributed by atoms with van der Waals surface area (Å²) in [6.45, 7) is 6.00. The lowest BCUT2D eigenvalue weighted by atomic mass is 9.71. The summed E-state index contributed by atoms with van der Waals surface area (Å²) in [5.74, 6) is -4.20. The van der Waals surface area contributed by atoms with E-state index in [1.807, 2.05) is 0 Å². The lowest BCUT2D eigenvalue weighted by Gasteiger charge is -2.36. The van der Waals surface area contributed by atoms with Gasteiger partial charge in [-0.1, -0.05) is 25.7 Å². The third kappa shape index (κ3) is 7.98. The Labute approximate surface area is 262 Å². The molecule has 11 nitrogen and oxygen atoms in total. The third-order valence-corrected chi connectivity index (χ3v) is 8.24. The Morgan fingerprint density at radius 3 is 1.53 bits per heavy atom. The maximum atomic E-state index is 13.2. The second-order valence-corrected chi connectivity index (χ2v) is 10.8. The van der Waals surface area contributed by atoms with E-state index in [0.29, 0.717) is 37.2 Å². The van der Waals surface area contributed by atoms with Gasteiger partial charge >= 0.3 is 11.9 Å². The highest BCUT2D eigenvalue weighted by molar-refractivity contribution is 6.05. The van der Waals surface area contributed by atoms with Crippen molar-refractivity contribution < 1.29 is 53.4 Å². The summed E-state index contributed by atoms with van der Waals surface area (Å²) in [6, 6.07) is 12.4. The number of ether oxygens (including phenoxy) is 3. The highest BCUT2D eigenvalue weighted by Crippen LogP contribution is 2.39. The van der Waals surface area contributed by atoms with E-state index in [0.717, 1.165) is 12.5 Å². The normalized spacial score (nSPS) is 24.4. The minimum Gasteiger partial charge on any atom is -0.497 e. The fourth-order valence-corrected chi connectivity index (χ4v) is 5.80. The molecule has 0 bridgehead atoms. The Hall–Kier alpha value is -4.48. The molecule has 2 aromatic carbocycles. The van der Waals surface area contributed by atoms with Crippen molar-refractivity contribution in [2.24, 2.45) is 11.8 Å². The zero-order valence-electron chi connectivity index (χ0n) is 25.6. The van der Waals surface area contributed by atoms with Gasteiger partial charge < -0.3 is 24.4 Å². The molecule has 11 heteroatoms. The van der Waals surface area contributed by atoms with Crippen molar-refractivity contribution in [2.45, 2.75) is 62.6 Å². The Balaban J connectivity index is 0.00000271. The van der Waals surface area contributed by atoms with Crippen LogP contribution < -0.4 is 9.47 Å². The number of Topliss-reactive ketones (excluding diaryl/α,β-unsaturated/α-hetero) is 2. The van der Waals surface area contributed by atoms with E-state index in [1.54, 1.807) is 24.3 Å². The lowest BCUT2D eigenvalue weighted by Crippen LogP contribution is -2.51. The molecule has 0 radical (unpaired) electrons. The topological polar surface area (TPSA) is 155 Å². The lowest BCUT2D eigenvalue weighted by molar-refractivity contribution is -0.249. The van der Waals surface area contributed by atoms with Gasteiger partial charge in [0.2, 0.25) is 0 Å². The number of methoxy groups -OCH3 is 2. The SMILES string of the molecule is C=C.COc1ccc(C(=O)C2(O)CCCCC2C(=O)O/C=C\OOC(=O)C2CCCCC2(O)C(=O)c2ccc(OC)cc2)cc1. The van der Waals surface area contributed by atoms with Crippen molar-refractivity contribution in [1.82, 2.24) is 0 Å². The summed E-state index contributed by atoms with van der Waals surface area (Å²) in [6.07, 6.45) is 4.58. The molecule has 0 aliphatic heterocycles. The van der Waals surface area contributed by atoms with Crippen LogP contribution >= 0.6 is 0 Å². The first-order chi connectivity index (χ1) is 21.6. The standard InChI is InChI=1S/C32H36O11.C2H4/c1-39-23-13-9-21(10-14-23)27(33)31(37)17-5-3-7-25(31)29(35)41-19-20-42-43-30(36)26-8-4-6-18-32(26,38)28(34)22-11-15-24(40-2)16-12-22;1-2/h9-16,19-20,25-26,37-38H,3-8,17-18H2,1-2H3;1-2H2/b20-19-;. The number of benzene rings is 2. The van der Waals surface area contributed by atoms with Crippen LogP contribution in [0.2, 0.25) is 0 Å². The monoisotopic (exact) mass is 624 g/mol. The number of carbonyl (C=O) groups excluding carboxylic acids is 4. The third-order valence-electron chi connectivity index (χ3n) is 8.24. The van der Waals surface area contributed by atoms with Crippen LogP contribution in [-0.2, 0) is 24.1 Å². The van der Waals surface area contributed by atoms with Gasteiger partial charge in [-0.2, -0.15) is 0 Å². The second kappa shape index (κ2) is 16.0. The van der Waals surface area contributed by atoms with Gasteiger partial charge in [-0.05, 0) is 74.2 Å². The first kappa shape index (κ1) is 35.0. The summed E-state index contributed by atoms with van der Waals surface area (Å²) >= 11 is 0. The van der Waals surface area contributed by atoms with E-state index in [4.69, 9.17) is 24.0 Å². The molecular formula is C34H40O11. The molecule has 2 aliphatic rings. The second-order valence-electron chi connectivity index (χ2n) is 10.8. The van der Waals surface area contributed by atoms with Gasteiger partial charge in [0.25, 0.3) is 0 Å². The molecule has 4 unspecified atom stereocenters. The minimum absolute atomic E-state index is 0.0740. The zero-order chi connectivity index (χ0) is 33.0. The molecular weight excluding hydrogens is 584 g/mol. The molecule has 2 aliphatic carbocycles. The quantitative estimate of drug-likeness (QED) is 0.0876. The van der Waals surface area contributed by atoms with Crippen molar-refractivity contribution in [3.05, 3.63) is 85.3 Å². The highest BCUT2D eigenvalue weighted by atomic mass is 17.2. The number of esters is 1. The van der Waals surface area contributed by atoms with Gasteiger partial charge in [-0.15, -0.1) is 13.2 Å². The summed E-state index contributed by atoms with van der Waals surface area (Å²) in [5.41, 5.74) is -3.47. The van der Waals surface area contributed by atoms with Crippen molar-refractivity contribution in [3.63, 3.8) is 0 Å². The number of carbonyl (C=O) groups is 4. The van der Waals surface area contributed by atoms with E-state index in [1.165, 1.54) is 38.5 Å². The van der Waals surface area contributed by atoms with Crippen LogP contribution in [0.3, 0.4) is 0 Å². The Bertz CT molecular complexity index is 1350. The molecule has 2 aromatic rings. The number of ketones is 2. The van der Waals surface area contributed by atoms with Gasteiger partial charge in [0.1, 0.15) is 29.0 Å². The molecule has 4 atom stereocenters. The predicted molar refractivity (Wildman–Crippen MR) is 162 cm³/mol. The summed E-state index contributed by atoms with van der Waals surface area (Å²) < 4.78 is 15.3. The van der Waals surface area contributed by atoms with Crippen molar-refractivity contribution >= 4 is 23.5 Å². The average Bonchev–Trinajstić information content (AvgIpc) is 3.08. The first-order valence-electron chi connectivity index (χ1n) is 14.7. The van der Waals surface area contributed by atoms with E-state index in [9.17, 15) is 29.4 Å². The number of hydrogen-bond donors (Lipinski definition) is 2. The maximum absolute atomic E-state index is 13.2. The first-order valence-corrected chi connectivity index (χ1v) is 14.7. The van der Waals surface area contributed by atoms with Crippen LogP contribution in [-0.4, -0.2) is 59.1 Å². The highest BCUT2D eigenvalue weighted by Gasteiger charge is 2.51. The molecule has 2 saturated carbocycles. The van der Waals surface area contributed by atoms with Crippen molar-refractivity contribution in [1.29, 1.82) is 0 Å². The smallest absolute Gasteiger partial charge is 0.361 e. The van der Waals surface area contributed by atoms with Crippen LogP contribution in [0, 0.1) is 11.8 Å². The van der Waals surface area contributed by atoms with Crippen LogP contribution in [0.4, 0.5) is 0 Å². The minimum atomic E-state index is -1.98. The average molecular weight is 625 g/mol. The number of hydrogen-bond acceptors (Lipinski definition) is 11. The number of rotatable bonds is 11. The van der Waals surface area contributed by atoms with Crippen molar-refractivity contribution in [3.8, 4) is 11.5 Å². The molecule has 0 amide bonds. The molecule has 2 N–H and O–H groups in total. The van der Waals surface area contributed by atoms with Crippen LogP contribution in [0.5, 0.6) is 11.5 Å². The largest absolute Gasteiger partial charge is 0.497 e. The van der Waals surface area contributed by atoms with E-state index < -0.39 is 46.5 Å². The molecule has 0 aromatic heterocycles. The van der Waals surface area contributed by atoms with Crippen LogP contribution in [0.15, 0.2) is 74.2 Å². The van der Waals surface area contributed by atoms with E-state index in [-0.39, 0.29) is 36.8 Å². The Kier molecular flexibility index (Phi) is 12.5. The molecule has 4 rings (SSSR count). The Morgan fingerprint density at radius 1 is 0.689 bits per heavy atom. The van der Waals surface area contributed by atoms with Crippen molar-refractivity contribution in [2.75, 3.05) is 14.2 Å². The molecule has 45 heavy (non-hydrogen) atoms. The van der Waals surface area contributed by atoms with Gasteiger partial charge in [0.05, 0.1) is 26.1 Å². The fraction of sp³-hybridized carbons (Fsp3) is 0.412. The van der Waals surface area contributed by atoms with E-state index >= 15 is 0 Å². The van der Waals surface area contributed by atoms with Crippen LogP contribution in [0.1, 0.15) is 72.1 Å². The summed E-state index contributed by atoms with van der Waals surface area (Å²) in [5, 5.41) is 22.6. The molecule has 242 valence electrons. The van der Waals surface area contributed by atoms with Gasteiger partial charge in [-0.3, -0.25) is 24.2 Å². The van der Waals surface area contributed by atoms with Crippen LogP contribution in [0.25, 0.3) is 0 Å². The fourth-order valence-electron chi connectivity index (χ4n) is 5.80. The van der Waals surface area contributed by atoms with E-state index in [2.05, 4.69) is 13.2 Å². The number of aliphatic hydroxyl groups is 2. The molecule has 0 heterocycles. The van der Waals surface area contributed by atoms with Gasteiger partial charge in [-0.25, -0.2) is 4.79 Å². The predicted octanol–water partition coefficient (Wildman–Crippen LogP) is 4.90. The maximum Gasteiger partial charge on any atom is 0.361 e.